The van der Waals surface area contributed by atoms with Crippen LogP contribution in [-0.2, 0) is 12.7 Å². The standard InChI is InChI=1S/C19H16F4N6O2/c20-13-7-11(19(21,22)23)4-5-14(13)28-18(31)27-12-3-1-2-10(6-12)8-25-15-9-26-29-16(15)17(24)30/h1-7,9,25H,8H2,(H2,24,30)(H,26,29)(H2,27,28,31). The topological polar surface area (TPSA) is 125 Å². The van der Waals surface area contributed by atoms with Crippen molar-refractivity contribution in [2.45, 2.75) is 12.7 Å². The number of primary amides is 1. The van der Waals surface area contributed by atoms with E-state index in [-0.39, 0.29) is 12.2 Å². The molecule has 0 aliphatic heterocycles. The third-order valence-electron chi connectivity index (χ3n) is 4.09. The minimum absolute atomic E-state index is 0.0484. The van der Waals surface area contributed by atoms with Crippen LogP contribution in [0.5, 0.6) is 0 Å². The van der Waals surface area contributed by atoms with Crippen LogP contribution in [0.4, 0.5) is 39.4 Å². The molecule has 3 aromatic rings. The Kier molecular flexibility index (Phi) is 6.09. The molecule has 0 bridgehead atoms. The van der Waals surface area contributed by atoms with Gasteiger partial charge in [0.15, 0.2) is 5.69 Å². The highest BCUT2D eigenvalue weighted by atomic mass is 19.4. The number of hydrogen-bond donors (Lipinski definition) is 5. The molecule has 6 N–H and O–H groups in total. The summed E-state index contributed by atoms with van der Waals surface area (Å²) in [7, 11) is 0. The lowest BCUT2D eigenvalue weighted by Gasteiger charge is -2.12. The number of carbonyl (C=O) groups is 2. The molecule has 0 atom stereocenters. The van der Waals surface area contributed by atoms with E-state index in [9.17, 15) is 27.2 Å². The number of amides is 3. The molecule has 2 aromatic carbocycles. The summed E-state index contributed by atoms with van der Waals surface area (Å²) >= 11 is 0. The second kappa shape index (κ2) is 8.73. The van der Waals surface area contributed by atoms with Crippen molar-refractivity contribution in [1.29, 1.82) is 0 Å². The third kappa shape index (κ3) is 5.50. The average molecular weight is 436 g/mol. The molecule has 3 rings (SSSR count). The first-order valence-corrected chi connectivity index (χ1v) is 8.74. The Hall–Kier alpha value is -4.09. The van der Waals surface area contributed by atoms with Crippen LogP contribution in [0.1, 0.15) is 21.6 Å². The van der Waals surface area contributed by atoms with Crippen molar-refractivity contribution in [2.75, 3.05) is 16.0 Å². The van der Waals surface area contributed by atoms with Gasteiger partial charge in [0.2, 0.25) is 0 Å². The number of nitrogens with zero attached hydrogens (tertiary/aromatic N) is 1. The molecule has 0 unspecified atom stereocenters. The van der Waals surface area contributed by atoms with Gasteiger partial charge in [-0.15, -0.1) is 0 Å². The second-order valence-corrected chi connectivity index (χ2v) is 6.34. The number of hydrogen-bond acceptors (Lipinski definition) is 4. The van der Waals surface area contributed by atoms with Gasteiger partial charge in [-0.25, -0.2) is 9.18 Å². The van der Waals surface area contributed by atoms with E-state index in [0.29, 0.717) is 23.5 Å². The minimum Gasteiger partial charge on any atom is -0.378 e. The van der Waals surface area contributed by atoms with Gasteiger partial charge >= 0.3 is 12.2 Å². The number of aromatic nitrogens is 2. The molecule has 162 valence electrons. The predicted molar refractivity (Wildman–Crippen MR) is 105 cm³/mol. The average Bonchev–Trinajstić information content (AvgIpc) is 3.16. The molecule has 8 nitrogen and oxygen atoms in total. The highest BCUT2D eigenvalue weighted by Gasteiger charge is 2.31. The van der Waals surface area contributed by atoms with Gasteiger partial charge in [-0.3, -0.25) is 9.89 Å². The van der Waals surface area contributed by atoms with Crippen molar-refractivity contribution in [3.05, 3.63) is 71.3 Å². The quantitative estimate of drug-likeness (QED) is 0.376. The van der Waals surface area contributed by atoms with Gasteiger partial charge in [0.25, 0.3) is 5.91 Å². The first-order chi connectivity index (χ1) is 14.6. The number of nitrogens with two attached hydrogens (primary N) is 1. The Bertz CT molecular complexity index is 1110. The van der Waals surface area contributed by atoms with Crippen LogP contribution in [-0.4, -0.2) is 22.1 Å². The summed E-state index contributed by atoms with van der Waals surface area (Å²) in [4.78, 5) is 23.4. The van der Waals surface area contributed by atoms with Crippen LogP contribution in [0.3, 0.4) is 0 Å². The summed E-state index contributed by atoms with van der Waals surface area (Å²) < 4.78 is 51.7. The number of urea groups is 1. The van der Waals surface area contributed by atoms with Gasteiger partial charge in [0.1, 0.15) is 5.82 Å². The molecule has 0 aliphatic carbocycles. The first kappa shape index (κ1) is 21.6. The van der Waals surface area contributed by atoms with Gasteiger partial charge in [-0.05, 0) is 35.9 Å². The molecule has 12 heteroatoms. The molecule has 0 aliphatic rings. The Morgan fingerprint density at radius 1 is 1.06 bits per heavy atom. The van der Waals surface area contributed by atoms with Crippen LogP contribution >= 0.6 is 0 Å². The summed E-state index contributed by atoms with van der Waals surface area (Å²) in [5.41, 5.74) is 5.18. The Labute approximate surface area is 172 Å². The SMILES string of the molecule is NC(=O)c1n[nH]cc1NCc1cccc(NC(=O)Nc2ccc(C(F)(F)F)cc2F)c1. The lowest BCUT2D eigenvalue weighted by atomic mass is 10.2. The first-order valence-electron chi connectivity index (χ1n) is 8.74. The lowest BCUT2D eigenvalue weighted by Crippen LogP contribution is -2.20. The fourth-order valence-corrected chi connectivity index (χ4v) is 2.65. The van der Waals surface area contributed by atoms with Crippen LogP contribution in [0.25, 0.3) is 0 Å². The van der Waals surface area contributed by atoms with Crippen molar-refractivity contribution >= 4 is 29.0 Å². The van der Waals surface area contributed by atoms with Gasteiger partial charge in [0, 0.05) is 18.4 Å². The molecule has 1 aromatic heterocycles. The van der Waals surface area contributed by atoms with E-state index in [1.165, 1.54) is 6.20 Å². The van der Waals surface area contributed by atoms with E-state index in [4.69, 9.17) is 5.73 Å². The molecule has 0 radical (unpaired) electrons. The zero-order chi connectivity index (χ0) is 22.6. The fraction of sp³-hybridized carbons (Fsp3) is 0.105. The van der Waals surface area contributed by atoms with Gasteiger partial charge in [-0.1, -0.05) is 12.1 Å². The van der Waals surface area contributed by atoms with Crippen LogP contribution in [0, 0.1) is 5.82 Å². The second-order valence-electron chi connectivity index (χ2n) is 6.34. The van der Waals surface area contributed by atoms with Crippen LogP contribution in [0.2, 0.25) is 0 Å². The molecule has 0 spiro atoms. The number of nitrogens with one attached hydrogen (secondary N) is 4. The largest absolute Gasteiger partial charge is 0.416 e. The number of halogens is 4. The summed E-state index contributed by atoms with van der Waals surface area (Å²) in [5.74, 6) is -1.92. The Morgan fingerprint density at radius 3 is 2.52 bits per heavy atom. The van der Waals surface area contributed by atoms with E-state index in [2.05, 4.69) is 26.1 Å². The monoisotopic (exact) mass is 436 g/mol. The lowest BCUT2D eigenvalue weighted by molar-refractivity contribution is -0.137. The maximum Gasteiger partial charge on any atom is 0.416 e. The van der Waals surface area contributed by atoms with Gasteiger partial charge in [-0.2, -0.15) is 18.3 Å². The van der Waals surface area contributed by atoms with Crippen molar-refractivity contribution in [3.8, 4) is 0 Å². The molecule has 0 saturated heterocycles. The number of carbonyl (C=O) groups excluding carboxylic acids is 2. The number of benzene rings is 2. The minimum atomic E-state index is -4.69. The highest BCUT2D eigenvalue weighted by molar-refractivity contribution is 6.00. The van der Waals surface area contributed by atoms with E-state index < -0.39 is 35.2 Å². The van der Waals surface area contributed by atoms with Crippen molar-refractivity contribution < 1.29 is 27.2 Å². The van der Waals surface area contributed by atoms with E-state index in [0.717, 1.165) is 11.6 Å². The number of alkyl halides is 3. The summed E-state index contributed by atoms with van der Waals surface area (Å²) in [6, 6.07) is 7.54. The highest BCUT2D eigenvalue weighted by Crippen LogP contribution is 2.31. The predicted octanol–water partition coefficient (Wildman–Crippen LogP) is 3.92. The molecular formula is C19H16F4N6O2. The normalized spacial score (nSPS) is 11.1. The Morgan fingerprint density at radius 2 is 1.84 bits per heavy atom. The van der Waals surface area contributed by atoms with Gasteiger partial charge < -0.3 is 21.7 Å². The number of rotatable bonds is 6. The summed E-state index contributed by atoms with van der Waals surface area (Å²) in [5, 5.41) is 13.8. The van der Waals surface area contributed by atoms with Gasteiger partial charge in [0.05, 0.1) is 16.9 Å². The fourth-order valence-electron chi connectivity index (χ4n) is 2.65. The molecule has 0 fully saturated rings. The zero-order valence-electron chi connectivity index (χ0n) is 15.7. The van der Waals surface area contributed by atoms with Crippen LogP contribution < -0.4 is 21.7 Å². The van der Waals surface area contributed by atoms with E-state index in [1.54, 1.807) is 24.3 Å². The van der Waals surface area contributed by atoms with Crippen molar-refractivity contribution in [1.82, 2.24) is 10.2 Å². The van der Waals surface area contributed by atoms with Crippen molar-refractivity contribution in [2.24, 2.45) is 5.73 Å². The summed E-state index contributed by atoms with van der Waals surface area (Å²) in [6.45, 7) is 0.268. The Balaban J connectivity index is 1.62. The van der Waals surface area contributed by atoms with Crippen LogP contribution in [0.15, 0.2) is 48.7 Å². The number of anilines is 3. The maximum absolute atomic E-state index is 13.9. The molecule has 31 heavy (non-hydrogen) atoms. The molecule has 1 heterocycles. The number of H-pyrrole nitrogens is 1. The molecule has 3 amide bonds. The maximum atomic E-state index is 13.9. The number of aromatic amines is 1. The third-order valence-corrected chi connectivity index (χ3v) is 4.09. The van der Waals surface area contributed by atoms with E-state index >= 15 is 0 Å². The molecular weight excluding hydrogens is 420 g/mol. The molecule has 0 saturated carbocycles. The van der Waals surface area contributed by atoms with Crippen molar-refractivity contribution in [3.63, 3.8) is 0 Å². The summed E-state index contributed by atoms with van der Waals surface area (Å²) in [6.07, 6.45) is -3.22. The smallest absolute Gasteiger partial charge is 0.378 e. The zero-order valence-corrected chi connectivity index (χ0v) is 15.7. The van der Waals surface area contributed by atoms with E-state index in [1.807, 2.05) is 0 Å².